The molecule has 2 aromatic heterocycles. The second-order valence-corrected chi connectivity index (χ2v) is 8.46. The summed E-state index contributed by atoms with van der Waals surface area (Å²) in [5, 5.41) is 0. The van der Waals surface area contributed by atoms with E-state index in [2.05, 4.69) is 60.0 Å². The fourth-order valence-corrected chi connectivity index (χ4v) is 4.30. The number of hydrogen-bond acceptors (Lipinski definition) is 3. The molecule has 3 aromatic rings. The Morgan fingerprint density at radius 3 is 2.52 bits per heavy atom. The Morgan fingerprint density at radius 2 is 1.83 bits per heavy atom. The number of hydrogen-bond donors (Lipinski definition) is 1. The van der Waals surface area contributed by atoms with E-state index in [0.29, 0.717) is 18.4 Å². The van der Waals surface area contributed by atoms with Crippen LogP contribution in [0.3, 0.4) is 0 Å². The molecule has 4 rings (SSSR count). The van der Waals surface area contributed by atoms with Crippen LogP contribution in [0.1, 0.15) is 47.4 Å². The van der Waals surface area contributed by atoms with Gasteiger partial charge in [0.25, 0.3) is 0 Å². The second kappa shape index (κ2) is 8.34. The van der Waals surface area contributed by atoms with Crippen LogP contribution in [0.25, 0.3) is 11.3 Å². The molecule has 0 aliphatic heterocycles. The summed E-state index contributed by atoms with van der Waals surface area (Å²) in [5.74, 6) is 0.631. The molecule has 0 amide bonds. The van der Waals surface area contributed by atoms with Crippen LogP contribution in [0, 0.1) is 5.92 Å². The molecule has 1 aliphatic rings. The minimum absolute atomic E-state index is 0.274. The molecule has 1 N–H and O–H groups in total. The van der Waals surface area contributed by atoms with E-state index in [1.165, 1.54) is 5.56 Å². The van der Waals surface area contributed by atoms with Gasteiger partial charge in [0.05, 0.1) is 5.69 Å². The van der Waals surface area contributed by atoms with Crippen molar-refractivity contribution in [3.05, 3.63) is 77.2 Å². The summed E-state index contributed by atoms with van der Waals surface area (Å²) in [7, 11) is 2.14. The van der Waals surface area contributed by atoms with Gasteiger partial charge in [-0.1, -0.05) is 30.3 Å². The number of ketones is 1. The first-order chi connectivity index (χ1) is 14.0. The maximum Gasteiger partial charge on any atom is 0.165 e. The number of Topliss-reactive ketones (excluding diaryl/α,β-unsaturated/α-hetero) is 1. The van der Waals surface area contributed by atoms with E-state index in [0.717, 1.165) is 47.5 Å². The van der Waals surface area contributed by atoms with Crippen molar-refractivity contribution >= 4 is 5.78 Å². The molecular weight excluding hydrogens is 358 g/mol. The predicted octanol–water partition coefficient (Wildman–Crippen LogP) is 4.75. The zero-order chi connectivity index (χ0) is 20.4. The molecule has 29 heavy (non-hydrogen) atoms. The van der Waals surface area contributed by atoms with Crippen LogP contribution in [0.4, 0.5) is 0 Å². The van der Waals surface area contributed by atoms with Gasteiger partial charge in [-0.15, -0.1) is 0 Å². The van der Waals surface area contributed by atoms with E-state index in [4.69, 9.17) is 0 Å². The minimum atomic E-state index is 0.274. The fourth-order valence-electron chi connectivity index (χ4n) is 4.30. The molecule has 0 saturated heterocycles. The van der Waals surface area contributed by atoms with Crippen LogP contribution >= 0.6 is 0 Å². The third-order valence-corrected chi connectivity index (χ3v) is 6.05. The molecule has 0 fully saturated rings. The van der Waals surface area contributed by atoms with E-state index in [1.54, 1.807) is 0 Å². The first kappa shape index (κ1) is 19.6. The molecule has 4 heteroatoms. The Hall–Kier alpha value is -2.72. The van der Waals surface area contributed by atoms with Gasteiger partial charge in [-0.25, -0.2) is 0 Å². The number of aromatic nitrogens is 2. The van der Waals surface area contributed by atoms with Gasteiger partial charge in [0.15, 0.2) is 5.78 Å². The van der Waals surface area contributed by atoms with Crippen molar-refractivity contribution in [3.63, 3.8) is 0 Å². The largest absolute Gasteiger partial charge is 0.358 e. The number of rotatable bonds is 6. The number of nitrogens with zero attached hydrogens (tertiary/aromatic N) is 2. The van der Waals surface area contributed by atoms with Crippen LogP contribution in [-0.2, 0) is 12.8 Å². The van der Waals surface area contributed by atoms with Crippen LogP contribution in [0.15, 0.2) is 54.9 Å². The zero-order valence-electron chi connectivity index (χ0n) is 17.5. The summed E-state index contributed by atoms with van der Waals surface area (Å²) < 4.78 is 0. The van der Waals surface area contributed by atoms with Gasteiger partial charge in [-0.05, 0) is 56.5 Å². The average molecular weight is 388 g/mol. The Balaban J connectivity index is 1.73. The summed E-state index contributed by atoms with van der Waals surface area (Å²) in [4.78, 5) is 23.4. The van der Waals surface area contributed by atoms with E-state index in [-0.39, 0.29) is 5.78 Å². The van der Waals surface area contributed by atoms with E-state index in [9.17, 15) is 4.79 Å². The van der Waals surface area contributed by atoms with Crippen LogP contribution in [0.2, 0.25) is 0 Å². The number of benzene rings is 1. The average Bonchev–Trinajstić information content (AvgIpc) is 3.08. The number of carbonyl (C=O) groups is 1. The number of H-pyrrole nitrogens is 1. The molecule has 0 spiro atoms. The van der Waals surface area contributed by atoms with Gasteiger partial charge in [0.1, 0.15) is 0 Å². The maximum atomic E-state index is 13.3. The van der Waals surface area contributed by atoms with E-state index >= 15 is 0 Å². The SMILES string of the molecule is CC(C)N(C)CC1CC(=O)c2c([nH]c(-c3ccncc3)c2Cc2ccccc2)C1. The van der Waals surface area contributed by atoms with Crippen molar-refractivity contribution in [2.75, 3.05) is 13.6 Å². The monoisotopic (exact) mass is 387 g/mol. The highest BCUT2D eigenvalue weighted by atomic mass is 16.1. The Morgan fingerprint density at radius 1 is 1.10 bits per heavy atom. The summed E-state index contributed by atoms with van der Waals surface area (Å²) >= 11 is 0. The molecular formula is C25H29N3O. The van der Waals surface area contributed by atoms with Gasteiger partial charge < -0.3 is 9.88 Å². The van der Waals surface area contributed by atoms with Crippen LogP contribution in [0.5, 0.6) is 0 Å². The third-order valence-electron chi connectivity index (χ3n) is 6.05. The lowest BCUT2D eigenvalue weighted by molar-refractivity contribution is 0.0928. The lowest BCUT2D eigenvalue weighted by Crippen LogP contribution is -2.35. The lowest BCUT2D eigenvalue weighted by Gasteiger charge is -2.29. The molecule has 150 valence electrons. The number of aromatic amines is 1. The summed E-state index contributed by atoms with van der Waals surface area (Å²) in [5.41, 5.74) is 6.51. The van der Waals surface area contributed by atoms with Gasteiger partial charge in [-0.3, -0.25) is 9.78 Å². The first-order valence-corrected chi connectivity index (χ1v) is 10.4. The second-order valence-electron chi connectivity index (χ2n) is 8.46. The highest BCUT2D eigenvalue weighted by Crippen LogP contribution is 2.36. The smallest absolute Gasteiger partial charge is 0.165 e. The Bertz CT molecular complexity index is 976. The molecule has 1 aliphatic carbocycles. The van der Waals surface area contributed by atoms with Crippen molar-refractivity contribution in [2.45, 2.75) is 39.2 Å². The molecule has 1 atom stereocenters. The molecule has 0 radical (unpaired) electrons. The van der Waals surface area contributed by atoms with Gasteiger partial charge in [0, 0.05) is 54.6 Å². The number of pyridine rings is 1. The fraction of sp³-hybridized carbons (Fsp3) is 0.360. The molecule has 2 heterocycles. The van der Waals surface area contributed by atoms with Crippen molar-refractivity contribution in [3.8, 4) is 11.3 Å². The van der Waals surface area contributed by atoms with Crippen molar-refractivity contribution < 1.29 is 4.79 Å². The summed E-state index contributed by atoms with van der Waals surface area (Å²) in [6.45, 7) is 5.34. The Labute approximate surface area is 173 Å². The molecule has 0 saturated carbocycles. The standard InChI is InChI=1S/C25H29N3O/c1-17(2)28(3)16-19-14-22-24(23(29)15-19)21(13-18-7-5-4-6-8-18)25(27-22)20-9-11-26-12-10-20/h4-12,17,19,27H,13-16H2,1-3H3. The lowest BCUT2D eigenvalue weighted by atomic mass is 9.83. The number of fused-ring (bicyclic) bond motifs is 1. The molecule has 0 bridgehead atoms. The summed E-state index contributed by atoms with van der Waals surface area (Å²) in [6.07, 6.45) is 5.92. The van der Waals surface area contributed by atoms with E-state index in [1.807, 2.05) is 30.6 Å². The normalized spacial score (nSPS) is 16.4. The van der Waals surface area contributed by atoms with Crippen LogP contribution < -0.4 is 0 Å². The molecule has 1 unspecified atom stereocenters. The van der Waals surface area contributed by atoms with Gasteiger partial charge in [-0.2, -0.15) is 0 Å². The zero-order valence-corrected chi connectivity index (χ0v) is 17.5. The van der Waals surface area contributed by atoms with Crippen molar-refractivity contribution in [1.82, 2.24) is 14.9 Å². The first-order valence-electron chi connectivity index (χ1n) is 10.4. The van der Waals surface area contributed by atoms with Crippen molar-refractivity contribution in [2.24, 2.45) is 5.92 Å². The predicted molar refractivity (Wildman–Crippen MR) is 117 cm³/mol. The van der Waals surface area contributed by atoms with Crippen LogP contribution in [-0.4, -0.2) is 40.3 Å². The number of carbonyl (C=O) groups excluding carboxylic acids is 1. The number of nitrogens with one attached hydrogen (secondary N) is 1. The Kier molecular flexibility index (Phi) is 5.63. The molecule has 4 nitrogen and oxygen atoms in total. The quantitative estimate of drug-likeness (QED) is 0.664. The van der Waals surface area contributed by atoms with Crippen molar-refractivity contribution in [1.29, 1.82) is 0 Å². The third kappa shape index (κ3) is 4.18. The van der Waals surface area contributed by atoms with Gasteiger partial charge in [0.2, 0.25) is 0 Å². The van der Waals surface area contributed by atoms with Gasteiger partial charge >= 0.3 is 0 Å². The summed E-state index contributed by atoms with van der Waals surface area (Å²) in [6, 6.07) is 14.9. The topological polar surface area (TPSA) is 49.0 Å². The highest BCUT2D eigenvalue weighted by Gasteiger charge is 2.32. The maximum absolute atomic E-state index is 13.3. The minimum Gasteiger partial charge on any atom is -0.358 e. The molecule has 1 aromatic carbocycles. The highest BCUT2D eigenvalue weighted by molar-refractivity contribution is 6.01. The van der Waals surface area contributed by atoms with E-state index < -0.39 is 0 Å².